The fourth-order valence-corrected chi connectivity index (χ4v) is 2.53. The molecule has 1 aliphatic heterocycles. The molecule has 0 aromatic heterocycles. The Hall–Kier alpha value is -1.59. The second kappa shape index (κ2) is 7.43. The van der Waals surface area contributed by atoms with Gasteiger partial charge in [-0.05, 0) is 12.1 Å². The molecule has 2 rings (SSSR count). The molecule has 0 atom stereocenters. The number of nitrogens with zero attached hydrogens (tertiary/aromatic N) is 2. The van der Waals surface area contributed by atoms with Crippen LogP contribution in [0.25, 0.3) is 0 Å². The van der Waals surface area contributed by atoms with Crippen LogP contribution in [0.2, 0.25) is 5.02 Å². The molecule has 0 aliphatic carbocycles. The Morgan fingerprint density at radius 3 is 2.57 bits per heavy atom. The Kier molecular flexibility index (Phi) is 5.59. The first-order valence-corrected chi connectivity index (χ1v) is 7.35. The Labute approximate surface area is 129 Å². The number of amides is 2. The zero-order valence-electron chi connectivity index (χ0n) is 12.0. The Morgan fingerprint density at radius 2 is 1.95 bits per heavy atom. The summed E-state index contributed by atoms with van der Waals surface area (Å²) in [6.07, 6.45) is 0.283. The summed E-state index contributed by atoms with van der Waals surface area (Å²) in [6, 6.07) is 7.14. The summed E-state index contributed by atoms with van der Waals surface area (Å²) >= 11 is 6.12. The number of morpholine rings is 1. The van der Waals surface area contributed by atoms with Gasteiger partial charge in [0.2, 0.25) is 11.8 Å². The lowest BCUT2D eigenvalue weighted by Crippen LogP contribution is -2.42. The second-order valence-corrected chi connectivity index (χ2v) is 5.27. The molecule has 0 radical (unpaired) electrons. The van der Waals surface area contributed by atoms with Crippen molar-refractivity contribution < 1.29 is 14.3 Å². The molecule has 0 spiro atoms. The average molecular weight is 311 g/mol. The Morgan fingerprint density at radius 1 is 1.29 bits per heavy atom. The van der Waals surface area contributed by atoms with Crippen molar-refractivity contribution in [2.24, 2.45) is 0 Å². The van der Waals surface area contributed by atoms with Gasteiger partial charge in [-0.1, -0.05) is 23.7 Å². The van der Waals surface area contributed by atoms with Gasteiger partial charge >= 0.3 is 0 Å². The third-order valence-electron chi connectivity index (χ3n) is 3.44. The molecule has 0 N–H and O–H groups in total. The van der Waals surface area contributed by atoms with E-state index in [9.17, 15) is 9.59 Å². The van der Waals surface area contributed by atoms with Crippen LogP contribution in [-0.4, -0.2) is 49.6 Å². The summed E-state index contributed by atoms with van der Waals surface area (Å²) in [7, 11) is 0. The molecule has 114 valence electrons. The number of rotatable bonds is 4. The highest BCUT2D eigenvalue weighted by atomic mass is 35.5. The van der Waals surface area contributed by atoms with Crippen molar-refractivity contribution in [3.05, 3.63) is 29.3 Å². The average Bonchev–Trinajstić information content (AvgIpc) is 2.49. The van der Waals surface area contributed by atoms with E-state index in [2.05, 4.69) is 0 Å². The maximum Gasteiger partial charge on any atom is 0.224 e. The first-order valence-electron chi connectivity index (χ1n) is 6.97. The zero-order valence-corrected chi connectivity index (χ0v) is 12.8. The molecule has 1 aromatic rings. The van der Waals surface area contributed by atoms with Crippen LogP contribution < -0.4 is 4.90 Å². The lowest BCUT2D eigenvalue weighted by Gasteiger charge is -2.28. The van der Waals surface area contributed by atoms with Crippen LogP contribution in [-0.2, 0) is 14.3 Å². The Bertz CT molecular complexity index is 515. The van der Waals surface area contributed by atoms with Gasteiger partial charge in [0, 0.05) is 33.0 Å². The molecule has 1 fully saturated rings. The molecule has 0 bridgehead atoms. The van der Waals surface area contributed by atoms with Crippen LogP contribution in [0.5, 0.6) is 0 Å². The van der Waals surface area contributed by atoms with Gasteiger partial charge < -0.3 is 14.5 Å². The zero-order chi connectivity index (χ0) is 15.2. The predicted molar refractivity (Wildman–Crippen MR) is 81.5 cm³/mol. The third-order valence-corrected chi connectivity index (χ3v) is 3.76. The topological polar surface area (TPSA) is 49.9 Å². The largest absolute Gasteiger partial charge is 0.378 e. The summed E-state index contributed by atoms with van der Waals surface area (Å²) in [6.45, 7) is 4.19. The molecule has 6 heteroatoms. The summed E-state index contributed by atoms with van der Waals surface area (Å²) in [5.74, 6) is -0.0884. The van der Waals surface area contributed by atoms with E-state index in [1.165, 1.54) is 6.92 Å². The quantitative estimate of drug-likeness (QED) is 0.854. The highest BCUT2D eigenvalue weighted by molar-refractivity contribution is 6.33. The molecule has 0 unspecified atom stereocenters. The predicted octanol–water partition coefficient (Wildman–Crippen LogP) is 1.94. The molecule has 1 aliphatic rings. The molecule has 21 heavy (non-hydrogen) atoms. The minimum absolute atomic E-state index is 0.0385. The standard InChI is InChI=1S/C15H19ClN2O3/c1-12(19)18(14-5-3-2-4-13(14)16)7-6-15(20)17-8-10-21-11-9-17/h2-5H,6-11H2,1H3. The minimum Gasteiger partial charge on any atom is -0.378 e. The Balaban J connectivity index is 1.99. The van der Waals surface area contributed by atoms with E-state index in [4.69, 9.17) is 16.3 Å². The number of carbonyl (C=O) groups excluding carboxylic acids is 2. The van der Waals surface area contributed by atoms with E-state index >= 15 is 0 Å². The normalized spacial score (nSPS) is 14.9. The van der Waals surface area contributed by atoms with Crippen LogP contribution in [0.4, 0.5) is 5.69 Å². The molecule has 0 saturated carbocycles. The van der Waals surface area contributed by atoms with Crippen molar-refractivity contribution >= 4 is 29.1 Å². The van der Waals surface area contributed by atoms with Gasteiger partial charge in [0.1, 0.15) is 0 Å². The van der Waals surface area contributed by atoms with E-state index in [1.807, 2.05) is 12.1 Å². The maximum atomic E-state index is 12.1. The number of anilines is 1. The molecule has 5 nitrogen and oxygen atoms in total. The van der Waals surface area contributed by atoms with Crippen LogP contribution in [0.3, 0.4) is 0 Å². The number of carbonyl (C=O) groups is 2. The summed E-state index contributed by atoms with van der Waals surface area (Å²) in [5, 5.41) is 0.506. The van der Waals surface area contributed by atoms with E-state index in [-0.39, 0.29) is 18.2 Å². The van der Waals surface area contributed by atoms with Gasteiger partial charge in [-0.15, -0.1) is 0 Å². The second-order valence-electron chi connectivity index (χ2n) is 4.87. The number of hydrogen-bond donors (Lipinski definition) is 0. The first-order chi connectivity index (χ1) is 10.1. The van der Waals surface area contributed by atoms with Crippen LogP contribution in [0.1, 0.15) is 13.3 Å². The highest BCUT2D eigenvalue weighted by Gasteiger charge is 2.20. The third kappa shape index (κ3) is 4.19. The van der Waals surface area contributed by atoms with E-state index in [1.54, 1.807) is 21.9 Å². The smallest absolute Gasteiger partial charge is 0.224 e. The molecule has 1 aromatic carbocycles. The molecular formula is C15H19ClN2O3. The van der Waals surface area contributed by atoms with E-state index < -0.39 is 0 Å². The van der Waals surface area contributed by atoms with Crippen LogP contribution in [0, 0.1) is 0 Å². The van der Waals surface area contributed by atoms with E-state index in [0.717, 1.165) is 0 Å². The van der Waals surface area contributed by atoms with Crippen molar-refractivity contribution in [1.82, 2.24) is 4.90 Å². The van der Waals surface area contributed by atoms with Gasteiger partial charge in [-0.25, -0.2) is 0 Å². The number of hydrogen-bond acceptors (Lipinski definition) is 3. The van der Waals surface area contributed by atoms with Crippen molar-refractivity contribution in [2.45, 2.75) is 13.3 Å². The summed E-state index contributed by atoms with van der Waals surface area (Å²) in [4.78, 5) is 27.3. The molecule has 1 saturated heterocycles. The SMILES string of the molecule is CC(=O)N(CCC(=O)N1CCOCC1)c1ccccc1Cl. The van der Waals surface area contributed by atoms with Gasteiger partial charge in [0.05, 0.1) is 23.9 Å². The lowest BCUT2D eigenvalue weighted by atomic mass is 10.2. The van der Waals surface area contributed by atoms with E-state index in [0.29, 0.717) is 43.6 Å². The molecule has 2 amide bonds. The fourth-order valence-electron chi connectivity index (χ4n) is 2.30. The highest BCUT2D eigenvalue weighted by Crippen LogP contribution is 2.25. The van der Waals surface area contributed by atoms with Gasteiger partial charge in [-0.3, -0.25) is 9.59 Å². The fraction of sp³-hybridized carbons (Fsp3) is 0.467. The van der Waals surface area contributed by atoms with Gasteiger partial charge in [0.25, 0.3) is 0 Å². The van der Waals surface area contributed by atoms with Crippen molar-refractivity contribution in [3.8, 4) is 0 Å². The molecule has 1 heterocycles. The number of benzene rings is 1. The van der Waals surface area contributed by atoms with Crippen molar-refractivity contribution in [2.75, 3.05) is 37.7 Å². The number of para-hydroxylation sites is 1. The number of halogens is 1. The first kappa shape index (κ1) is 15.8. The van der Waals surface area contributed by atoms with Crippen LogP contribution in [0.15, 0.2) is 24.3 Å². The van der Waals surface area contributed by atoms with Crippen LogP contribution >= 0.6 is 11.6 Å². The number of ether oxygens (including phenoxy) is 1. The van der Waals surface area contributed by atoms with Gasteiger partial charge in [0.15, 0.2) is 0 Å². The van der Waals surface area contributed by atoms with Crippen molar-refractivity contribution in [3.63, 3.8) is 0 Å². The lowest BCUT2D eigenvalue weighted by molar-refractivity contribution is -0.135. The summed E-state index contributed by atoms with van der Waals surface area (Å²) in [5.41, 5.74) is 0.640. The molecular weight excluding hydrogens is 292 g/mol. The monoisotopic (exact) mass is 310 g/mol. The summed E-state index contributed by atoms with van der Waals surface area (Å²) < 4.78 is 5.22. The van der Waals surface area contributed by atoms with Crippen molar-refractivity contribution in [1.29, 1.82) is 0 Å². The minimum atomic E-state index is -0.127. The maximum absolute atomic E-state index is 12.1. The van der Waals surface area contributed by atoms with Gasteiger partial charge in [-0.2, -0.15) is 0 Å².